The lowest BCUT2D eigenvalue weighted by Gasteiger charge is -2.17. The van der Waals surface area contributed by atoms with E-state index in [1.807, 2.05) is 13.8 Å². The Morgan fingerprint density at radius 2 is 2.29 bits per heavy atom. The average molecular weight is 258 g/mol. The summed E-state index contributed by atoms with van der Waals surface area (Å²) in [5.41, 5.74) is 2.21. The third-order valence-corrected chi connectivity index (χ3v) is 2.55. The molecule has 1 aromatic rings. The van der Waals surface area contributed by atoms with Crippen LogP contribution in [0, 0.1) is 5.82 Å². The number of hydrogen-bond donors (Lipinski definition) is 1. The molecule has 1 atom stereocenters. The van der Waals surface area contributed by atoms with Crippen molar-refractivity contribution < 1.29 is 9.13 Å². The number of hydrogen-bond acceptors (Lipinski definition) is 2. The van der Waals surface area contributed by atoms with Crippen LogP contribution < -0.4 is 10.1 Å². The van der Waals surface area contributed by atoms with E-state index in [9.17, 15) is 4.39 Å². The molecule has 0 aliphatic heterocycles. The van der Waals surface area contributed by atoms with Crippen LogP contribution >= 0.6 is 11.6 Å². The lowest BCUT2D eigenvalue weighted by Crippen LogP contribution is -2.18. The van der Waals surface area contributed by atoms with Crippen LogP contribution in [0.15, 0.2) is 29.8 Å². The first-order chi connectivity index (χ1) is 8.19. The highest BCUT2D eigenvalue weighted by Crippen LogP contribution is 2.26. The van der Waals surface area contributed by atoms with Crippen LogP contribution in [-0.4, -0.2) is 13.2 Å². The lowest BCUT2D eigenvalue weighted by atomic mass is 10.1. The fourth-order valence-corrected chi connectivity index (χ4v) is 1.65. The Balaban J connectivity index is 2.86. The maximum Gasteiger partial charge on any atom is 0.124 e. The Bertz CT molecular complexity index is 382. The fraction of sp³-hybridized carbons (Fsp3) is 0.385. The second kappa shape index (κ2) is 7.30. The Labute approximate surface area is 106 Å². The zero-order valence-corrected chi connectivity index (χ0v) is 10.8. The molecule has 94 valence electrons. The van der Waals surface area contributed by atoms with Gasteiger partial charge in [-0.05, 0) is 37.7 Å². The predicted octanol–water partition coefficient (Wildman–Crippen LogP) is 3.63. The highest BCUT2D eigenvalue weighted by Gasteiger charge is 2.11. The van der Waals surface area contributed by atoms with E-state index in [4.69, 9.17) is 16.3 Å². The summed E-state index contributed by atoms with van der Waals surface area (Å²) in [6.07, 6.45) is 1.69. The van der Waals surface area contributed by atoms with Crippen LogP contribution in [0.1, 0.15) is 25.5 Å². The first-order valence-corrected chi connectivity index (χ1v) is 6.03. The fourth-order valence-electron chi connectivity index (χ4n) is 1.58. The summed E-state index contributed by atoms with van der Waals surface area (Å²) in [6.45, 7) is 5.18. The quantitative estimate of drug-likeness (QED) is 0.840. The smallest absolute Gasteiger partial charge is 0.124 e. The van der Waals surface area contributed by atoms with Crippen LogP contribution in [0.2, 0.25) is 0 Å². The Morgan fingerprint density at radius 3 is 2.94 bits per heavy atom. The monoisotopic (exact) mass is 257 g/mol. The lowest BCUT2D eigenvalue weighted by molar-refractivity contribution is 0.353. The van der Waals surface area contributed by atoms with Crippen LogP contribution in [0.25, 0.3) is 0 Å². The number of rotatable bonds is 6. The van der Waals surface area contributed by atoms with Crippen molar-refractivity contribution in [3.8, 4) is 5.75 Å². The first kappa shape index (κ1) is 14.0. The Morgan fingerprint density at radius 1 is 1.53 bits per heavy atom. The molecule has 1 rings (SSSR count). The molecule has 1 N–H and O–H groups in total. The van der Waals surface area contributed by atoms with Crippen LogP contribution in [0.3, 0.4) is 0 Å². The molecule has 0 saturated heterocycles. The zero-order valence-electron chi connectivity index (χ0n) is 10.0. The SMILES string of the molecule is CCNC(C)c1cc(F)ccc1OCC=CCl. The van der Waals surface area contributed by atoms with Gasteiger partial charge in [0.2, 0.25) is 0 Å². The van der Waals surface area contributed by atoms with Gasteiger partial charge in [0.25, 0.3) is 0 Å². The third kappa shape index (κ3) is 4.36. The summed E-state index contributed by atoms with van der Waals surface area (Å²) in [7, 11) is 0. The predicted molar refractivity (Wildman–Crippen MR) is 69.0 cm³/mol. The van der Waals surface area contributed by atoms with Gasteiger partial charge in [-0.15, -0.1) is 0 Å². The molecule has 0 saturated carbocycles. The average Bonchev–Trinajstić information content (AvgIpc) is 2.31. The molecular weight excluding hydrogens is 241 g/mol. The largest absolute Gasteiger partial charge is 0.489 e. The second-order valence-corrected chi connectivity index (χ2v) is 3.89. The molecule has 0 aliphatic carbocycles. The Hall–Kier alpha value is -1.06. The number of benzene rings is 1. The highest BCUT2D eigenvalue weighted by molar-refractivity contribution is 6.25. The molecule has 4 heteroatoms. The maximum atomic E-state index is 13.2. The van der Waals surface area contributed by atoms with E-state index in [1.54, 1.807) is 12.1 Å². The van der Waals surface area contributed by atoms with Crippen molar-refractivity contribution >= 4 is 11.6 Å². The molecule has 0 aromatic heterocycles. The van der Waals surface area contributed by atoms with Crippen molar-refractivity contribution in [2.45, 2.75) is 19.9 Å². The van der Waals surface area contributed by atoms with Gasteiger partial charge in [0, 0.05) is 17.1 Å². The van der Waals surface area contributed by atoms with Crippen LogP contribution in [-0.2, 0) is 0 Å². The van der Waals surface area contributed by atoms with Gasteiger partial charge in [-0.1, -0.05) is 18.5 Å². The van der Waals surface area contributed by atoms with Gasteiger partial charge in [0.15, 0.2) is 0 Å². The van der Waals surface area contributed by atoms with Gasteiger partial charge >= 0.3 is 0 Å². The number of nitrogens with one attached hydrogen (secondary N) is 1. The zero-order chi connectivity index (χ0) is 12.7. The van der Waals surface area contributed by atoms with E-state index in [1.165, 1.54) is 17.7 Å². The molecular formula is C13H17ClFNO. The minimum atomic E-state index is -0.259. The summed E-state index contributed by atoms with van der Waals surface area (Å²) in [4.78, 5) is 0. The molecule has 2 nitrogen and oxygen atoms in total. The van der Waals surface area contributed by atoms with Crippen molar-refractivity contribution in [3.63, 3.8) is 0 Å². The van der Waals surface area contributed by atoms with E-state index in [2.05, 4.69) is 5.32 Å². The Kier molecular flexibility index (Phi) is 6.01. The van der Waals surface area contributed by atoms with Crippen molar-refractivity contribution in [3.05, 3.63) is 41.2 Å². The van der Waals surface area contributed by atoms with Gasteiger partial charge in [-0.25, -0.2) is 4.39 Å². The second-order valence-electron chi connectivity index (χ2n) is 3.63. The van der Waals surface area contributed by atoms with E-state index < -0.39 is 0 Å². The summed E-state index contributed by atoms with van der Waals surface area (Å²) in [5, 5.41) is 3.23. The van der Waals surface area contributed by atoms with E-state index in [0.717, 1.165) is 12.1 Å². The third-order valence-electron chi connectivity index (χ3n) is 2.37. The molecule has 0 bridgehead atoms. The van der Waals surface area contributed by atoms with Gasteiger partial charge in [0.1, 0.15) is 18.2 Å². The normalized spacial score (nSPS) is 12.9. The van der Waals surface area contributed by atoms with Gasteiger partial charge in [-0.2, -0.15) is 0 Å². The number of halogens is 2. The van der Waals surface area contributed by atoms with Gasteiger partial charge < -0.3 is 10.1 Å². The number of ether oxygens (including phenoxy) is 1. The molecule has 0 aliphatic rings. The van der Waals surface area contributed by atoms with Crippen molar-refractivity contribution in [2.24, 2.45) is 0 Å². The minimum Gasteiger partial charge on any atom is -0.489 e. The van der Waals surface area contributed by atoms with Crippen molar-refractivity contribution in [1.29, 1.82) is 0 Å². The maximum absolute atomic E-state index is 13.2. The van der Waals surface area contributed by atoms with Gasteiger partial charge in [0.05, 0.1) is 0 Å². The van der Waals surface area contributed by atoms with Crippen LogP contribution in [0.5, 0.6) is 5.75 Å². The minimum absolute atomic E-state index is 0.0469. The van der Waals surface area contributed by atoms with Crippen molar-refractivity contribution in [2.75, 3.05) is 13.2 Å². The molecule has 0 heterocycles. The molecule has 1 unspecified atom stereocenters. The van der Waals surface area contributed by atoms with E-state index >= 15 is 0 Å². The molecule has 0 radical (unpaired) electrons. The van der Waals surface area contributed by atoms with E-state index in [-0.39, 0.29) is 11.9 Å². The molecule has 0 amide bonds. The highest BCUT2D eigenvalue weighted by atomic mass is 35.5. The topological polar surface area (TPSA) is 21.3 Å². The van der Waals surface area contributed by atoms with E-state index in [0.29, 0.717) is 12.4 Å². The van der Waals surface area contributed by atoms with Gasteiger partial charge in [-0.3, -0.25) is 0 Å². The summed E-state index contributed by atoms with van der Waals surface area (Å²) >= 11 is 5.41. The standard InChI is InChI=1S/C13H17ClFNO/c1-3-16-10(2)12-9-11(15)5-6-13(12)17-8-4-7-14/h4-7,9-10,16H,3,8H2,1-2H3. The van der Waals surface area contributed by atoms with Crippen LogP contribution in [0.4, 0.5) is 4.39 Å². The molecule has 0 spiro atoms. The molecule has 17 heavy (non-hydrogen) atoms. The summed E-state index contributed by atoms with van der Waals surface area (Å²) < 4.78 is 18.7. The molecule has 0 fully saturated rings. The summed E-state index contributed by atoms with van der Waals surface area (Å²) in [6, 6.07) is 4.57. The molecule has 1 aromatic carbocycles. The summed E-state index contributed by atoms with van der Waals surface area (Å²) in [5.74, 6) is 0.416. The first-order valence-electron chi connectivity index (χ1n) is 5.59. The van der Waals surface area contributed by atoms with Crippen molar-refractivity contribution in [1.82, 2.24) is 5.32 Å².